The molecule has 0 saturated heterocycles. The van der Waals surface area contributed by atoms with Crippen LogP contribution in [-0.4, -0.2) is 18.1 Å². The van der Waals surface area contributed by atoms with E-state index in [1.54, 1.807) is 0 Å². The lowest BCUT2D eigenvalue weighted by atomic mass is 10.1. The van der Waals surface area contributed by atoms with Crippen molar-refractivity contribution in [3.05, 3.63) is 24.0 Å². The Balaban J connectivity index is 2.84. The molecule has 3 heteroatoms. The van der Waals surface area contributed by atoms with Crippen LogP contribution in [0.25, 0.3) is 0 Å². The van der Waals surface area contributed by atoms with E-state index in [1.165, 1.54) is 5.69 Å². The summed E-state index contributed by atoms with van der Waals surface area (Å²) in [4.78, 5) is 6.50. The molecule has 0 atom stereocenters. The first-order valence-electron chi connectivity index (χ1n) is 5.46. The van der Waals surface area contributed by atoms with Gasteiger partial charge in [-0.3, -0.25) is 4.98 Å². The third-order valence-corrected chi connectivity index (χ3v) is 3.11. The third kappa shape index (κ3) is 3.10. The average Bonchev–Trinajstić information content (AvgIpc) is 2.30. The quantitative estimate of drug-likeness (QED) is 0.715. The number of alkyl halides is 1. The summed E-state index contributed by atoms with van der Waals surface area (Å²) in [6, 6.07) is 4.69. The Bertz CT molecular complexity index is 297. The van der Waals surface area contributed by atoms with Crippen molar-refractivity contribution in [2.45, 2.75) is 38.6 Å². The second-order valence-corrected chi connectivity index (χ2v) is 3.99. The van der Waals surface area contributed by atoms with Crippen molar-refractivity contribution in [2.75, 3.05) is 11.9 Å². The lowest BCUT2D eigenvalue weighted by Crippen LogP contribution is -2.30. The predicted molar refractivity (Wildman–Crippen MR) is 66.6 cm³/mol. The lowest BCUT2D eigenvalue weighted by molar-refractivity contribution is 0.591. The van der Waals surface area contributed by atoms with E-state index in [0.717, 1.165) is 18.5 Å². The molecule has 1 aromatic heterocycles. The van der Waals surface area contributed by atoms with E-state index >= 15 is 0 Å². The minimum atomic E-state index is 0.477. The van der Waals surface area contributed by atoms with Gasteiger partial charge in [0.1, 0.15) is 0 Å². The van der Waals surface area contributed by atoms with Crippen molar-refractivity contribution in [3.8, 4) is 0 Å². The molecule has 0 radical (unpaired) electrons. The highest BCUT2D eigenvalue weighted by Crippen LogP contribution is 2.19. The molecular weight excluding hydrogens is 208 g/mol. The fourth-order valence-corrected chi connectivity index (χ4v) is 1.95. The molecule has 15 heavy (non-hydrogen) atoms. The van der Waals surface area contributed by atoms with Crippen LogP contribution in [0.5, 0.6) is 0 Å². The summed E-state index contributed by atoms with van der Waals surface area (Å²) in [6.07, 6.45) is 4.14. The van der Waals surface area contributed by atoms with Crippen molar-refractivity contribution >= 4 is 17.3 Å². The molecule has 2 nitrogen and oxygen atoms in total. The number of pyridine rings is 1. The highest BCUT2D eigenvalue weighted by molar-refractivity contribution is 6.16. The smallest absolute Gasteiger partial charge is 0.0648 e. The maximum atomic E-state index is 5.77. The van der Waals surface area contributed by atoms with Crippen LogP contribution in [0, 0.1) is 0 Å². The lowest BCUT2D eigenvalue weighted by Gasteiger charge is -2.28. The Morgan fingerprint density at radius 1 is 1.40 bits per heavy atom. The summed E-state index contributed by atoms with van der Waals surface area (Å²) >= 11 is 5.77. The second-order valence-electron chi connectivity index (χ2n) is 3.72. The monoisotopic (exact) mass is 226 g/mol. The average molecular weight is 227 g/mol. The maximum Gasteiger partial charge on any atom is 0.0648 e. The van der Waals surface area contributed by atoms with Gasteiger partial charge in [-0.25, -0.2) is 0 Å². The van der Waals surface area contributed by atoms with E-state index in [4.69, 9.17) is 11.6 Å². The van der Waals surface area contributed by atoms with Crippen LogP contribution in [0.2, 0.25) is 0 Å². The second kappa shape index (κ2) is 5.96. The van der Waals surface area contributed by atoms with Gasteiger partial charge in [-0.2, -0.15) is 0 Å². The molecule has 0 unspecified atom stereocenters. The van der Waals surface area contributed by atoms with Gasteiger partial charge in [0.05, 0.1) is 11.6 Å². The summed E-state index contributed by atoms with van der Waals surface area (Å²) in [5.74, 6) is 0.477. The maximum absolute atomic E-state index is 5.77. The van der Waals surface area contributed by atoms with Crippen LogP contribution in [0.3, 0.4) is 0 Å². The van der Waals surface area contributed by atoms with Gasteiger partial charge < -0.3 is 4.90 Å². The van der Waals surface area contributed by atoms with Gasteiger partial charge in [-0.1, -0.05) is 13.8 Å². The van der Waals surface area contributed by atoms with E-state index < -0.39 is 0 Å². The zero-order valence-corrected chi connectivity index (χ0v) is 10.5. The van der Waals surface area contributed by atoms with Gasteiger partial charge >= 0.3 is 0 Å². The summed E-state index contributed by atoms with van der Waals surface area (Å²) in [6.45, 7) is 4.43. The predicted octanol–water partition coefficient (Wildman–Crippen LogP) is 3.45. The summed E-state index contributed by atoms with van der Waals surface area (Å²) in [5, 5.41) is 0. The van der Waals surface area contributed by atoms with Crippen LogP contribution < -0.4 is 4.90 Å². The van der Waals surface area contributed by atoms with Crippen LogP contribution in [0.15, 0.2) is 18.3 Å². The fourth-order valence-electron chi connectivity index (χ4n) is 1.81. The molecule has 0 aromatic carbocycles. The molecule has 1 aromatic rings. The van der Waals surface area contributed by atoms with Gasteiger partial charge in [0.2, 0.25) is 0 Å². The number of anilines is 1. The molecule has 1 heterocycles. The van der Waals surface area contributed by atoms with Crippen LogP contribution in [-0.2, 0) is 5.88 Å². The topological polar surface area (TPSA) is 16.1 Å². The molecule has 0 fully saturated rings. The molecule has 0 spiro atoms. The zero-order valence-electron chi connectivity index (χ0n) is 9.70. The standard InChI is InChI=1S/C12H19ClN2/c1-4-11(5-2)15(3)12-6-7-14-10(8-12)9-13/h6-8,11H,4-5,9H2,1-3H3. The SMILES string of the molecule is CCC(CC)N(C)c1ccnc(CCl)c1. The molecule has 0 aliphatic heterocycles. The van der Waals surface area contributed by atoms with E-state index in [2.05, 4.69) is 36.8 Å². The normalized spacial score (nSPS) is 10.7. The van der Waals surface area contributed by atoms with Crippen LogP contribution in [0.1, 0.15) is 32.4 Å². The Hall–Kier alpha value is -0.760. The third-order valence-electron chi connectivity index (χ3n) is 2.83. The minimum Gasteiger partial charge on any atom is -0.372 e. The Labute approximate surface area is 97.3 Å². The highest BCUT2D eigenvalue weighted by Gasteiger charge is 2.11. The largest absolute Gasteiger partial charge is 0.372 e. The number of nitrogens with zero attached hydrogens (tertiary/aromatic N) is 2. The van der Waals surface area contributed by atoms with Gasteiger partial charge in [-0.05, 0) is 25.0 Å². The van der Waals surface area contributed by atoms with Crippen molar-refractivity contribution in [1.82, 2.24) is 4.98 Å². The van der Waals surface area contributed by atoms with Crippen molar-refractivity contribution in [1.29, 1.82) is 0 Å². The molecule has 0 bridgehead atoms. The first-order chi connectivity index (χ1) is 7.22. The molecule has 84 valence electrons. The fraction of sp³-hybridized carbons (Fsp3) is 0.583. The molecular formula is C12H19ClN2. The van der Waals surface area contributed by atoms with Crippen molar-refractivity contribution in [3.63, 3.8) is 0 Å². The number of aromatic nitrogens is 1. The van der Waals surface area contributed by atoms with Crippen LogP contribution in [0.4, 0.5) is 5.69 Å². The summed E-state index contributed by atoms with van der Waals surface area (Å²) < 4.78 is 0. The molecule has 0 N–H and O–H groups in total. The van der Waals surface area contributed by atoms with Gasteiger partial charge in [0.25, 0.3) is 0 Å². The van der Waals surface area contributed by atoms with Gasteiger partial charge in [0, 0.05) is 25.0 Å². The number of hydrogen-bond acceptors (Lipinski definition) is 2. The van der Waals surface area contributed by atoms with Crippen molar-refractivity contribution in [2.24, 2.45) is 0 Å². The Kier molecular flexibility index (Phi) is 4.89. The van der Waals surface area contributed by atoms with E-state index in [9.17, 15) is 0 Å². The minimum absolute atomic E-state index is 0.477. The van der Waals surface area contributed by atoms with Gasteiger partial charge in [-0.15, -0.1) is 11.6 Å². The van der Waals surface area contributed by atoms with Crippen LogP contribution >= 0.6 is 11.6 Å². The first-order valence-corrected chi connectivity index (χ1v) is 6.00. The highest BCUT2D eigenvalue weighted by atomic mass is 35.5. The van der Waals surface area contributed by atoms with Crippen molar-refractivity contribution < 1.29 is 0 Å². The number of halogens is 1. The molecule has 0 aliphatic rings. The molecule has 1 rings (SSSR count). The van der Waals surface area contributed by atoms with E-state index in [0.29, 0.717) is 11.9 Å². The molecule has 0 amide bonds. The molecule has 0 aliphatic carbocycles. The molecule has 0 saturated carbocycles. The Morgan fingerprint density at radius 3 is 2.60 bits per heavy atom. The van der Waals surface area contributed by atoms with E-state index in [1.807, 2.05) is 12.3 Å². The number of rotatable bonds is 5. The van der Waals surface area contributed by atoms with Gasteiger partial charge in [0.15, 0.2) is 0 Å². The Morgan fingerprint density at radius 2 is 2.07 bits per heavy atom. The first kappa shape index (κ1) is 12.3. The summed E-state index contributed by atoms with van der Waals surface area (Å²) in [7, 11) is 2.13. The summed E-state index contributed by atoms with van der Waals surface area (Å²) in [5.41, 5.74) is 2.14. The van der Waals surface area contributed by atoms with E-state index in [-0.39, 0.29) is 0 Å². The number of hydrogen-bond donors (Lipinski definition) is 0. The zero-order chi connectivity index (χ0) is 11.3.